The summed E-state index contributed by atoms with van der Waals surface area (Å²) in [5, 5.41) is 15.0. The molecule has 0 atom stereocenters. The lowest BCUT2D eigenvalue weighted by molar-refractivity contribution is 0.102. The van der Waals surface area contributed by atoms with Crippen molar-refractivity contribution in [2.75, 3.05) is 5.32 Å². The molecule has 1 amide bonds. The molecule has 0 aliphatic heterocycles. The Morgan fingerprint density at radius 3 is 2.79 bits per heavy atom. The van der Waals surface area contributed by atoms with Crippen LogP contribution in [0.15, 0.2) is 35.7 Å². The molecule has 0 aliphatic carbocycles. The lowest BCUT2D eigenvalue weighted by atomic mass is 10.2. The summed E-state index contributed by atoms with van der Waals surface area (Å²) < 4.78 is 0. The number of amides is 1. The lowest BCUT2D eigenvalue weighted by Gasteiger charge is -1.97. The van der Waals surface area contributed by atoms with Gasteiger partial charge in [0.25, 0.3) is 5.91 Å². The second-order valence-electron chi connectivity index (χ2n) is 5.32. The van der Waals surface area contributed by atoms with E-state index in [9.17, 15) is 4.79 Å². The van der Waals surface area contributed by atoms with E-state index in [1.165, 1.54) is 35.5 Å². The summed E-state index contributed by atoms with van der Waals surface area (Å²) in [5.41, 5.74) is 1.41. The molecule has 3 aromatic rings. The number of rotatable bonds is 7. The normalized spacial score (nSPS) is 10.7. The topological polar surface area (TPSA) is 67.8 Å². The molecule has 1 aromatic carbocycles. The minimum atomic E-state index is -0.246. The standard InChI is InChI=1S/C17H18N4OS2/c1-2-3-5-10-14-20-21-17(24-14)19-15(22)13-11-23-16(18-13)12-8-6-4-7-9-12/h4,6-9,11H,2-3,5,10H2,1H3,(H,19,21,22). The molecular weight excluding hydrogens is 340 g/mol. The third-order valence-electron chi connectivity index (χ3n) is 3.44. The molecule has 2 heterocycles. The van der Waals surface area contributed by atoms with Gasteiger partial charge in [0.15, 0.2) is 0 Å². The Balaban J connectivity index is 1.62. The Labute approximate surface area is 148 Å². The van der Waals surface area contributed by atoms with Gasteiger partial charge in [-0.3, -0.25) is 10.1 Å². The minimum absolute atomic E-state index is 0.246. The third kappa shape index (κ3) is 4.24. The van der Waals surface area contributed by atoms with Gasteiger partial charge < -0.3 is 0 Å². The van der Waals surface area contributed by atoms with Crippen molar-refractivity contribution in [3.63, 3.8) is 0 Å². The number of aryl methyl sites for hydroxylation is 1. The van der Waals surface area contributed by atoms with Gasteiger partial charge in [0.1, 0.15) is 15.7 Å². The molecule has 124 valence electrons. The fourth-order valence-electron chi connectivity index (χ4n) is 2.18. The summed E-state index contributed by atoms with van der Waals surface area (Å²) in [6, 6.07) is 9.83. The average Bonchev–Trinajstić information content (AvgIpc) is 3.26. The van der Waals surface area contributed by atoms with Gasteiger partial charge in [-0.25, -0.2) is 4.98 Å². The van der Waals surface area contributed by atoms with Crippen molar-refractivity contribution in [2.24, 2.45) is 0 Å². The van der Waals surface area contributed by atoms with Crippen molar-refractivity contribution in [3.8, 4) is 10.6 Å². The molecular formula is C17H18N4OS2. The van der Waals surface area contributed by atoms with E-state index in [1.807, 2.05) is 30.3 Å². The molecule has 0 radical (unpaired) electrons. The molecule has 1 N–H and O–H groups in total. The molecule has 0 spiro atoms. The van der Waals surface area contributed by atoms with Crippen LogP contribution in [0.4, 0.5) is 5.13 Å². The van der Waals surface area contributed by atoms with E-state index in [1.54, 1.807) is 5.38 Å². The van der Waals surface area contributed by atoms with E-state index >= 15 is 0 Å². The van der Waals surface area contributed by atoms with Gasteiger partial charge in [-0.2, -0.15) is 0 Å². The van der Waals surface area contributed by atoms with Gasteiger partial charge in [0.2, 0.25) is 5.13 Å². The smallest absolute Gasteiger partial charge is 0.276 e. The summed E-state index contributed by atoms with van der Waals surface area (Å²) in [6.07, 6.45) is 4.38. The Kier molecular flexibility index (Phi) is 5.66. The zero-order valence-electron chi connectivity index (χ0n) is 13.4. The van der Waals surface area contributed by atoms with E-state index in [0.717, 1.165) is 28.4 Å². The number of benzene rings is 1. The van der Waals surface area contributed by atoms with Gasteiger partial charge in [0.05, 0.1) is 0 Å². The highest BCUT2D eigenvalue weighted by Gasteiger charge is 2.14. The van der Waals surface area contributed by atoms with Crippen LogP contribution >= 0.6 is 22.7 Å². The largest absolute Gasteiger partial charge is 0.295 e. The van der Waals surface area contributed by atoms with E-state index in [4.69, 9.17) is 0 Å². The van der Waals surface area contributed by atoms with Crippen molar-refractivity contribution in [2.45, 2.75) is 32.6 Å². The Morgan fingerprint density at radius 2 is 2.00 bits per heavy atom. The molecule has 7 heteroatoms. The number of carbonyl (C=O) groups is 1. The predicted molar refractivity (Wildman–Crippen MR) is 98.6 cm³/mol. The minimum Gasteiger partial charge on any atom is -0.295 e. The fourth-order valence-corrected chi connectivity index (χ4v) is 3.77. The molecule has 0 saturated carbocycles. The molecule has 2 aromatic heterocycles. The quantitative estimate of drug-likeness (QED) is 0.624. The molecule has 0 saturated heterocycles. The number of nitrogens with one attached hydrogen (secondary N) is 1. The van der Waals surface area contributed by atoms with Crippen LogP contribution in [0.3, 0.4) is 0 Å². The van der Waals surface area contributed by atoms with Crippen LogP contribution in [0, 0.1) is 0 Å². The molecule has 0 aliphatic rings. The van der Waals surface area contributed by atoms with Crippen LogP contribution in [0.5, 0.6) is 0 Å². The average molecular weight is 358 g/mol. The highest BCUT2D eigenvalue weighted by molar-refractivity contribution is 7.15. The van der Waals surface area contributed by atoms with Crippen molar-refractivity contribution < 1.29 is 4.79 Å². The Morgan fingerprint density at radius 1 is 1.17 bits per heavy atom. The fraction of sp³-hybridized carbons (Fsp3) is 0.294. The zero-order chi connectivity index (χ0) is 16.8. The molecule has 5 nitrogen and oxygen atoms in total. The highest BCUT2D eigenvalue weighted by Crippen LogP contribution is 2.24. The SMILES string of the molecule is CCCCCc1nnc(NC(=O)c2csc(-c3ccccc3)n2)s1. The predicted octanol–water partition coefficient (Wildman–Crippen LogP) is 4.65. The van der Waals surface area contributed by atoms with Crippen molar-refractivity contribution in [3.05, 3.63) is 46.4 Å². The van der Waals surface area contributed by atoms with Crippen LogP contribution in [0.2, 0.25) is 0 Å². The van der Waals surface area contributed by atoms with Crippen molar-refractivity contribution in [1.29, 1.82) is 0 Å². The summed E-state index contributed by atoms with van der Waals surface area (Å²) in [4.78, 5) is 16.7. The van der Waals surface area contributed by atoms with Gasteiger partial charge in [-0.15, -0.1) is 21.5 Å². The second-order valence-corrected chi connectivity index (χ2v) is 7.24. The summed E-state index contributed by atoms with van der Waals surface area (Å²) in [6.45, 7) is 2.17. The maximum Gasteiger partial charge on any atom is 0.276 e. The molecule has 3 rings (SSSR count). The monoisotopic (exact) mass is 358 g/mol. The first-order valence-corrected chi connectivity index (χ1v) is 9.60. The number of thiazole rings is 1. The van der Waals surface area contributed by atoms with E-state index in [-0.39, 0.29) is 5.91 Å². The van der Waals surface area contributed by atoms with E-state index in [2.05, 4.69) is 27.4 Å². The lowest BCUT2D eigenvalue weighted by Crippen LogP contribution is -2.12. The molecule has 0 bridgehead atoms. The summed E-state index contributed by atoms with van der Waals surface area (Å²) >= 11 is 2.89. The van der Waals surface area contributed by atoms with E-state index < -0.39 is 0 Å². The van der Waals surface area contributed by atoms with Crippen molar-refractivity contribution >= 4 is 33.7 Å². The van der Waals surface area contributed by atoms with Crippen LogP contribution < -0.4 is 5.32 Å². The number of hydrogen-bond acceptors (Lipinski definition) is 6. The van der Waals surface area contributed by atoms with Crippen LogP contribution in [-0.4, -0.2) is 21.1 Å². The van der Waals surface area contributed by atoms with Crippen LogP contribution in [0.1, 0.15) is 41.7 Å². The number of nitrogens with zero attached hydrogens (tertiary/aromatic N) is 3. The Bertz CT molecular complexity index is 798. The first-order chi connectivity index (χ1) is 11.8. The second kappa shape index (κ2) is 8.12. The summed E-state index contributed by atoms with van der Waals surface area (Å²) in [7, 11) is 0. The number of anilines is 1. The maximum atomic E-state index is 12.3. The first kappa shape index (κ1) is 16.7. The molecule has 24 heavy (non-hydrogen) atoms. The maximum absolute atomic E-state index is 12.3. The summed E-state index contributed by atoms with van der Waals surface area (Å²) in [5.74, 6) is -0.246. The Hall–Kier alpha value is -2.12. The van der Waals surface area contributed by atoms with Gasteiger partial charge >= 0.3 is 0 Å². The number of aromatic nitrogens is 3. The van der Waals surface area contributed by atoms with Crippen molar-refractivity contribution in [1.82, 2.24) is 15.2 Å². The van der Waals surface area contributed by atoms with Gasteiger partial charge in [-0.1, -0.05) is 61.4 Å². The van der Waals surface area contributed by atoms with E-state index in [0.29, 0.717) is 10.8 Å². The number of carbonyl (C=O) groups excluding carboxylic acids is 1. The zero-order valence-corrected chi connectivity index (χ0v) is 15.0. The number of unbranched alkanes of at least 4 members (excludes halogenated alkanes) is 2. The molecule has 0 unspecified atom stereocenters. The van der Waals surface area contributed by atoms with Gasteiger partial charge in [-0.05, 0) is 6.42 Å². The van der Waals surface area contributed by atoms with Gasteiger partial charge in [0, 0.05) is 17.4 Å². The number of hydrogen-bond donors (Lipinski definition) is 1. The third-order valence-corrected chi connectivity index (χ3v) is 5.23. The van der Waals surface area contributed by atoms with Crippen LogP contribution in [-0.2, 0) is 6.42 Å². The van der Waals surface area contributed by atoms with Crippen LogP contribution in [0.25, 0.3) is 10.6 Å². The first-order valence-electron chi connectivity index (χ1n) is 7.91. The highest BCUT2D eigenvalue weighted by atomic mass is 32.1. The molecule has 0 fully saturated rings.